The van der Waals surface area contributed by atoms with Crippen LogP contribution in [0.5, 0.6) is 0 Å². The highest BCUT2D eigenvalue weighted by Gasteiger charge is 2.39. The Morgan fingerprint density at radius 1 is 1.13 bits per heavy atom. The third-order valence-corrected chi connectivity index (χ3v) is 3.88. The zero-order valence-corrected chi connectivity index (χ0v) is 8.82. The van der Waals surface area contributed by atoms with Gasteiger partial charge in [-0.05, 0) is 43.6 Å². The van der Waals surface area contributed by atoms with Gasteiger partial charge < -0.3 is 5.32 Å². The highest BCUT2D eigenvalue weighted by Crippen LogP contribution is 2.47. The van der Waals surface area contributed by atoms with Crippen molar-refractivity contribution >= 4 is 0 Å². The van der Waals surface area contributed by atoms with Crippen molar-refractivity contribution in [3.8, 4) is 0 Å². The number of nitrogens with one attached hydrogen (secondary N) is 1. The third kappa shape index (κ3) is 3.10. The van der Waals surface area contributed by atoms with Crippen LogP contribution < -0.4 is 5.32 Å². The van der Waals surface area contributed by atoms with Gasteiger partial charge in [-0.3, -0.25) is 0 Å². The van der Waals surface area contributed by atoms with E-state index >= 15 is 0 Å². The molecule has 2 aliphatic carbocycles. The highest BCUT2D eigenvalue weighted by atomic mass is 19.4. The summed E-state index contributed by atoms with van der Waals surface area (Å²) in [6.45, 7) is 0.870. The maximum atomic E-state index is 11.9. The van der Waals surface area contributed by atoms with E-state index in [0.29, 0.717) is 5.92 Å². The molecule has 0 aliphatic heterocycles. The molecule has 2 bridgehead atoms. The van der Waals surface area contributed by atoms with Gasteiger partial charge in [-0.2, -0.15) is 13.2 Å². The van der Waals surface area contributed by atoms with Crippen molar-refractivity contribution in [3.63, 3.8) is 0 Å². The van der Waals surface area contributed by atoms with Gasteiger partial charge in [0.25, 0.3) is 0 Å². The Labute approximate surface area is 88.4 Å². The molecule has 4 heteroatoms. The van der Waals surface area contributed by atoms with E-state index in [-0.39, 0.29) is 6.54 Å². The normalized spacial score (nSPS) is 35.0. The van der Waals surface area contributed by atoms with Gasteiger partial charge in [0.1, 0.15) is 0 Å². The number of alkyl halides is 3. The smallest absolute Gasteiger partial charge is 0.316 e. The first kappa shape index (κ1) is 11.2. The molecule has 1 N–H and O–H groups in total. The van der Waals surface area contributed by atoms with E-state index in [1.165, 1.54) is 25.7 Å². The van der Waals surface area contributed by atoms with E-state index in [1.807, 2.05) is 0 Å². The second-order valence-electron chi connectivity index (χ2n) is 5.00. The molecule has 0 aromatic carbocycles. The summed E-state index contributed by atoms with van der Waals surface area (Å²) < 4.78 is 35.6. The lowest BCUT2D eigenvalue weighted by atomic mass is 9.89. The van der Waals surface area contributed by atoms with E-state index in [4.69, 9.17) is 0 Å². The summed E-state index contributed by atoms with van der Waals surface area (Å²) in [5, 5.41) is 2.95. The van der Waals surface area contributed by atoms with E-state index in [0.717, 1.165) is 18.4 Å². The molecule has 15 heavy (non-hydrogen) atoms. The van der Waals surface area contributed by atoms with Gasteiger partial charge in [0.15, 0.2) is 0 Å². The fourth-order valence-corrected chi connectivity index (χ4v) is 3.14. The Morgan fingerprint density at radius 2 is 1.93 bits per heavy atom. The summed E-state index contributed by atoms with van der Waals surface area (Å²) in [6.07, 6.45) is 0.505. The topological polar surface area (TPSA) is 12.0 Å². The highest BCUT2D eigenvalue weighted by molar-refractivity contribution is 4.90. The minimum absolute atomic E-state index is 0.0807. The molecular formula is C11H18F3N. The predicted octanol–water partition coefficient (Wildman–Crippen LogP) is 2.96. The van der Waals surface area contributed by atoms with Crippen molar-refractivity contribution in [2.24, 2.45) is 17.8 Å². The molecule has 88 valence electrons. The standard InChI is InChI=1S/C11H18F3N/c12-11(13,14)3-4-15-7-10-6-8-1-2-9(10)5-8/h8-10,15H,1-7H2. The van der Waals surface area contributed by atoms with E-state index in [2.05, 4.69) is 5.32 Å². The van der Waals surface area contributed by atoms with Crippen LogP contribution >= 0.6 is 0 Å². The Balaban J connectivity index is 1.59. The molecule has 1 nitrogen and oxygen atoms in total. The molecule has 2 saturated carbocycles. The van der Waals surface area contributed by atoms with Gasteiger partial charge in [-0.25, -0.2) is 0 Å². The van der Waals surface area contributed by atoms with Crippen molar-refractivity contribution in [2.45, 2.75) is 38.3 Å². The second kappa shape index (κ2) is 4.32. The zero-order chi connectivity index (χ0) is 10.9. The molecule has 2 fully saturated rings. The van der Waals surface area contributed by atoms with E-state index in [1.54, 1.807) is 0 Å². The van der Waals surface area contributed by atoms with Crippen molar-refractivity contribution in [3.05, 3.63) is 0 Å². The van der Waals surface area contributed by atoms with Crippen molar-refractivity contribution < 1.29 is 13.2 Å². The first-order valence-electron chi connectivity index (χ1n) is 5.82. The van der Waals surface area contributed by atoms with Crippen LogP contribution in [0.15, 0.2) is 0 Å². The molecule has 0 aromatic heterocycles. The quantitative estimate of drug-likeness (QED) is 0.720. The van der Waals surface area contributed by atoms with E-state index < -0.39 is 12.6 Å². The van der Waals surface area contributed by atoms with Crippen LogP contribution in [0.3, 0.4) is 0 Å². The summed E-state index contributed by atoms with van der Waals surface area (Å²) in [5.74, 6) is 2.33. The van der Waals surface area contributed by atoms with Gasteiger partial charge in [0, 0.05) is 6.54 Å². The minimum Gasteiger partial charge on any atom is -0.316 e. The third-order valence-electron chi connectivity index (χ3n) is 3.88. The minimum atomic E-state index is -4.01. The molecule has 2 aliphatic rings. The number of fused-ring (bicyclic) bond motifs is 2. The molecule has 0 saturated heterocycles. The summed E-state index contributed by atoms with van der Waals surface area (Å²) in [4.78, 5) is 0. The number of halogens is 3. The monoisotopic (exact) mass is 221 g/mol. The molecule has 0 amide bonds. The van der Waals surface area contributed by atoms with Crippen LogP contribution in [0, 0.1) is 17.8 Å². The second-order valence-corrected chi connectivity index (χ2v) is 5.00. The molecule has 0 aromatic rings. The van der Waals surface area contributed by atoms with Gasteiger partial charge >= 0.3 is 6.18 Å². The Morgan fingerprint density at radius 3 is 2.47 bits per heavy atom. The van der Waals surface area contributed by atoms with Crippen LogP contribution in [0.25, 0.3) is 0 Å². The molecule has 2 rings (SSSR count). The first-order valence-corrected chi connectivity index (χ1v) is 5.82. The lowest BCUT2D eigenvalue weighted by Crippen LogP contribution is -2.29. The molecule has 0 heterocycles. The van der Waals surface area contributed by atoms with Crippen LogP contribution in [-0.4, -0.2) is 19.3 Å². The average molecular weight is 221 g/mol. The molecule has 3 atom stereocenters. The van der Waals surface area contributed by atoms with Gasteiger partial charge in [0.05, 0.1) is 6.42 Å². The van der Waals surface area contributed by atoms with Crippen LogP contribution in [0.4, 0.5) is 13.2 Å². The Kier molecular flexibility index (Phi) is 3.24. The van der Waals surface area contributed by atoms with Crippen molar-refractivity contribution in [1.82, 2.24) is 5.32 Å². The zero-order valence-electron chi connectivity index (χ0n) is 8.82. The fourth-order valence-electron chi connectivity index (χ4n) is 3.14. The average Bonchev–Trinajstić information content (AvgIpc) is 2.71. The molecular weight excluding hydrogens is 203 g/mol. The maximum absolute atomic E-state index is 11.9. The van der Waals surface area contributed by atoms with Crippen molar-refractivity contribution in [1.29, 1.82) is 0 Å². The predicted molar refractivity (Wildman–Crippen MR) is 52.5 cm³/mol. The summed E-state index contributed by atoms with van der Waals surface area (Å²) in [6, 6.07) is 0. The van der Waals surface area contributed by atoms with Crippen LogP contribution in [0.1, 0.15) is 32.1 Å². The van der Waals surface area contributed by atoms with Crippen LogP contribution in [-0.2, 0) is 0 Å². The first-order chi connectivity index (χ1) is 7.04. The number of rotatable bonds is 4. The number of hydrogen-bond donors (Lipinski definition) is 1. The SMILES string of the molecule is FC(F)(F)CCNCC1CC2CCC1C2. The maximum Gasteiger partial charge on any atom is 0.390 e. The van der Waals surface area contributed by atoms with Crippen LogP contribution in [0.2, 0.25) is 0 Å². The lowest BCUT2D eigenvalue weighted by molar-refractivity contribution is -0.133. The lowest BCUT2D eigenvalue weighted by Gasteiger charge is -2.22. The summed E-state index contributed by atoms with van der Waals surface area (Å²) in [7, 11) is 0. The Bertz CT molecular complexity index is 214. The van der Waals surface area contributed by atoms with Gasteiger partial charge in [0.2, 0.25) is 0 Å². The van der Waals surface area contributed by atoms with Crippen molar-refractivity contribution in [2.75, 3.05) is 13.1 Å². The Hall–Kier alpha value is -0.250. The molecule has 3 unspecified atom stereocenters. The van der Waals surface area contributed by atoms with E-state index in [9.17, 15) is 13.2 Å². The summed E-state index contributed by atoms with van der Waals surface area (Å²) in [5.41, 5.74) is 0. The molecule has 0 spiro atoms. The summed E-state index contributed by atoms with van der Waals surface area (Å²) >= 11 is 0. The van der Waals surface area contributed by atoms with Gasteiger partial charge in [-0.1, -0.05) is 6.42 Å². The van der Waals surface area contributed by atoms with Gasteiger partial charge in [-0.15, -0.1) is 0 Å². The number of hydrogen-bond acceptors (Lipinski definition) is 1. The largest absolute Gasteiger partial charge is 0.390 e. The fraction of sp³-hybridized carbons (Fsp3) is 1.00. The molecule has 0 radical (unpaired) electrons.